The van der Waals surface area contributed by atoms with E-state index in [-0.39, 0.29) is 11.9 Å². The predicted molar refractivity (Wildman–Crippen MR) is 102 cm³/mol. The van der Waals surface area contributed by atoms with Crippen molar-refractivity contribution in [2.24, 2.45) is 11.1 Å². The summed E-state index contributed by atoms with van der Waals surface area (Å²) in [5.74, 6) is 1.66. The van der Waals surface area contributed by atoms with E-state index in [2.05, 4.69) is 10.1 Å². The molecule has 1 aromatic carbocycles. The summed E-state index contributed by atoms with van der Waals surface area (Å²) in [6, 6.07) is 10.7. The van der Waals surface area contributed by atoms with Crippen LogP contribution in [0.3, 0.4) is 0 Å². The molecule has 0 atom stereocenters. The highest BCUT2D eigenvalue weighted by molar-refractivity contribution is 6.00. The van der Waals surface area contributed by atoms with E-state index in [0.717, 1.165) is 5.75 Å². The number of aromatic nitrogens is 1. The van der Waals surface area contributed by atoms with Gasteiger partial charge in [0, 0.05) is 19.3 Å². The van der Waals surface area contributed by atoms with Crippen LogP contribution in [0.25, 0.3) is 0 Å². The van der Waals surface area contributed by atoms with Crippen LogP contribution in [0.4, 0.5) is 0 Å². The lowest BCUT2D eigenvalue weighted by Crippen LogP contribution is -2.41. The summed E-state index contributed by atoms with van der Waals surface area (Å²) in [4.78, 5) is 17.9. The Morgan fingerprint density at radius 3 is 2.43 bits per heavy atom. The van der Waals surface area contributed by atoms with Crippen LogP contribution in [-0.2, 0) is 9.53 Å². The minimum absolute atomic E-state index is 0.134. The highest BCUT2D eigenvalue weighted by Gasteiger charge is 2.29. The summed E-state index contributed by atoms with van der Waals surface area (Å²) in [5.41, 5.74) is 0.567. The molecule has 1 aromatic heterocycles. The molecule has 0 amide bonds. The van der Waals surface area contributed by atoms with Gasteiger partial charge in [0.2, 0.25) is 5.88 Å². The Morgan fingerprint density at radius 1 is 1.14 bits per heavy atom. The van der Waals surface area contributed by atoms with E-state index >= 15 is 0 Å². The van der Waals surface area contributed by atoms with E-state index in [1.54, 1.807) is 49.7 Å². The first kappa shape index (κ1) is 19.5. The number of hydrogen-bond acceptors (Lipinski definition) is 7. The van der Waals surface area contributed by atoms with Crippen molar-refractivity contribution in [3.05, 3.63) is 48.2 Å². The van der Waals surface area contributed by atoms with Crippen molar-refractivity contribution in [2.75, 3.05) is 27.3 Å². The number of piperidine rings is 1. The Balaban J connectivity index is 1.77. The summed E-state index contributed by atoms with van der Waals surface area (Å²) in [5, 5.41) is 13.2. The minimum atomic E-state index is -0.202. The van der Waals surface area contributed by atoms with Gasteiger partial charge in [-0.1, -0.05) is 5.16 Å². The summed E-state index contributed by atoms with van der Waals surface area (Å²) in [7, 11) is 2.99. The third-order valence-electron chi connectivity index (χ3n) is 4.71. The molecule has 0 aliphatic carbocycles. The summed E-state index contributed by atoms with van der Waals surface area (Å²) < 4.78 is 15.9. The fourth-order valence-corrected chi connectivity index (χ4v) is 3.18. The first-order valence-electron chi connectivity index (χ1n) is 8.98. The standard InChI is InChI=1S/C20H23N3O5/c1-26-15-5-7-16(8-6-15)28-19-17(4-3-11-21-19)18(22-25)23-12-9-14(10-13-23)20(24)27-2/h3-8,11,14,25H,9-10,12-13H2,1-2H3/b22-18-. The van der Waals surface area contributed by atoms with Crippen molar-refractivity contribution < 1.29 is 24.2 Å². The molecule has 2 aromatic rings. The lowest BCUT2D eigenvalue weighted by Gasteiger charge is -2.32. The molecule has 0 bridgehead atoms. The molecule has 3 rings (SSSR count). The minimum Gasteiger partial charge on any atom is -0.497 e. The van der Waals surface area contributed by atoms with Gasteiger partial charge in [0.25, 0.3) is 0 Å². The molecule has 0 spiro atoms. The molecule has 1 aliphatic heterocycles. The summed E-state index contributed by atoms with van der Waals surface area (Å²) in [6.45, 7) is 1.13. The van der Waals surface area contributed by atoms with Crippen LogP contribution in [0.1, 0.15) is 18.4 Å². The largest absolute Gasteiger partial charge is 0.497 e. The number of benzene rings is 1. The number of nitrogens with zero attached hydrogens (tertiary/aromatic N) is 3. The molecule has 8 heteroatoms. The summed E-state index contributed by atoms with van der Waals surface area (Å²) >= 11 is 0. The SMILES string of the molecule is COC(=O)C1CCN(/C(=N\O)c2cccnc2Oc2ccc(OC)cc2)CC1. The number of likely N-dealkylation sites (tertiary alicyclic amines) is 1. The van der Waals surface area contributed by atoms with Crippen molar-refractivity contribution in [1.82, 2.24) is 9.88 Å². The first-order valence-corrected chi connectivity index (χ1v) is 8.98. The quantitative estimate of drug-likeness (QED) is 0.278. The van der Waals surface area contributed by atoms with Gasteiger partial charge in [0.15, 0.2) is 5.84 Å². The summed E-state index contributed by atoms with van der Waals surface area (Å²) in [6.07, 6.45) is 2.86. The maximum atomic E-state index is 11.7. The van der Waals surface area contributed by atoms with E-state index in [4.69, 9.17) is 14.2 Å². The lowest BCUT2D eigenvalue weighted by atomic mass is 9.96. The van der Waals surface area contributed by atoms with Crippen molar-refractivity contribution >= 4 is 11.8 Å². The number of ether oxygens (including phenoxy) is 3. The molecule has 0 unspecified atom stereocenters. The molecule has 1 aliphatic rings. The lowest BCUT2D eigenvalue weighted by molar-refractivity contribution is -0.146. The molecule has 0 saturated carbocycles. The van der Waals surface area contributed by atoms with E-state index in [9.17, 15) is 10.0 Å². The van der Waals surface area contributed by atoms with Gasteiger partial charge in [-0.15, -0.1) is 0 Å². The van der Waals surface area contributed by atoms with Gasteiger partial charge in [0.1, 0.15) is 11.5 Å². The van der Waals surface area contributed by atoms with Crippen molar-refractivity contribution in [2.45, 2.75) is 12.8 Å². The van der Waals surface area contributed by atoms with E-state index in [1.807, 2.05) is 4.90 Å². The van der Waals surface area contributed by atoms with Crippen LogP contribution in [0.15, 0.2) is 47.8 Å². The van der Waals surface area contributed by atoms with Crippen molar-refractivity contribution in [3.63, 3.8) is 0 Å². The number of carbonyl (C=O) groups is 1. The third-order valence-corrected chi connectivity index (χ3v) is 4.71. The number of oxime groups is 1. The molecule has 1 fully saturated rings. The fraction of sp³-hybridized carbons (Fsp3) is 0.350. The van der Waals surface area contributed by atoms with Crippen LogP contribution in [-0.4, -0.2) is 54.2 Å². The number of carbonyl (C=O) groups excluding carboxylic acids is 1. The third kappa shape index (κ3) is 4.33. The Morgan fingerprint density at radius 2 is 1.82 bits per heavy atom. The Labute approximate surface area is 163 Å². The topological polar surface area (TPSA) is 93.5 Å². The number of methoxy groups -OCH3 is 2. The van der Waals surface area contributed by atoms with Gasteiger partial charge in [-0.2, -0.15) is 0 Å². The fourth-order valence-electron chi connectivity index (χ4n) is 3.18. The van der Waals surface area contributed by atoms with Crippen LogP contribution in [0.5, 0.6) is 17.4 Å². The van der Waals surface area contributed by atoms with Crippen LogP contribution in [0.2, 0.25) is 0 Å². The maximum Gasteiger partial charge on any atom is 0.308 e. The molecule has 0 radical (unpaired) electrons. The second-order valence-corrected chi connectivity index (χ2v) is 6.34. The molecule has 28 heavy (non-hydrogen) atoms. The van der Waals surface area contributed by atoms with E-state index in [1.165, 1.54) is 7.11 Å². The number of pyridine rings is 1. The van der Waals surface area contributed by atoms with Gasteiger partial charge in [-0.3, -0.25) is 4.79 Å². The Hall–Kier alpha value is -3.29. The second-order valence-electron chi connectivity index (χ2n) is 6.34. The van der Waals surface area contributed by atoms with Crippen LogP contribution >= 0.6 is 0 Å². The highest BCUT2D eigenvalue weighted by atomic mass is 16.5. The highest BCUT2D eigenvalue weighted by Crippen LogP contribution is 2.27. The second kappa shape index (κ2) is 9.07. The first-order chi connectivity index (χ1) is 13.7. The maximum absolute atomic E-state index is 11.7. The smallest absolute Gasteiger partial charge is 0.308 e. The van der Waals surface area contributed by atoms with E-state index in [0.29, 0.717) is 49.0 Å². The zero-order valence-corrected chi connectivity index (χ0v) is 15.9. The van der Waals surface area contributed by atoms with Crippen LogP contribution < -0.4 is 9.47 Å². The molecule has 148 valence electrons. The van der Waals surface area contributed by atoms with Gasteiger partial charge >= 0.3 is 5.97 Å². The molecular formula is C20H23N3O5. The van der Waals surface area contributed by atoms with Gasteiger partial charge in [-0.25, -0.2) is 4.98 Å². The van der Waals surface area contributed by atoms with Gasteiger partial charge in [-0.05, 0) is 49.2 Å². The molecule has 8 nitrogen and oxygen atoms in total. The molecular weight excluding hydrogens is 362 g/mol. The normalized spacial score (nSPS) is 15.2. The number of rotatable bonds is 5. The number of hydrogen-bond donors (Lipinski definition) is 1. The molecule has 2 heterocycles. The monoisotopic (exact) mass is 385 g/mol. The Kier molecular flexibility index (Phi) is 6.31. The zero-order valence-electron chi connectivity index (χ0n) is 15.9. The van der Waals surface area contributed by atoms with Crippen molar-refractivity contribution in [1.29, 1.82) is 0 Å². The number of amidine groups is 1. The zero-order chi connectivity index (χ0) is 19.9. The van der Waals surface area contributed by atoms with Crippen molar-refractivity contribution in [3.8, 4) is 17.4 Å². The predicted octanol–water partition coefficient (Wildman–Crippen LogP) is 2.90. The molecule has 1 N–H and O–H groups in total. The molecule has 1 saturated heterocycles. The Bertz CT molecular complexity index is 830. The van der Waals surface area contributed by atoms with E-state index < -0.39 is 0 Å². The number of esters is 1. The average Bonchev–Trinajstić information content (AvgIpc) is 2.76. The average molecular weight is 385 g/mol. The van der Waals surface area contributed by atoms with Crippen LogP contribution in [0, 0.1) is 5.92 Å². The van der Waals surface area contributed by atoms with Gasteiger partial charge < -0.3 is 24.3 Å². The van der Waals surface area contributed by atoms with Gasteiger partial charge in [0.05, 0.1) is 25.7 Å².